The average Bonchev–Trinajstić information content (AvgIpc) is 3.36. The zero-order valence-electron chi connectivity index (χ0n) is 17.1. The maximum atomic E-state index is 10.5. The second-order valence-corrected chi connectivity index (χ2v) is 7.91. The van der Waals surface area contributed by atoms with E-state index in [0.29, 0.717) is 31.2 Å². The molecule has 0 saturated heterocycles. The molecule has 0 amide bonds. The third kappa shape index (κ3) is 3.88. The molecule has 0 aliphatic heterocycles. The van der Waals surface area contributed by atoms with Crippen molar-refractivity contribution in [3.05, 3.63) is 24.3 Å². The van der Waals surface area contributed by atoms with Crippen LogP contribution < -0.4 is 0 Å². The molecule has 1 aliphatic carbocycles. The maximum Gasteiger partial charge on any atom is 0.139 e. The predicted molar refractivity (Wildman–Crippen MR) is 112 cm³/mol. The molecular weight excluding hydrogens is 382 g/mol. The Labute approximate surface area is 174 Å². The summed E-state index contributed by atoms with van der Waals surface area (Å²) in [6.45, 7) is 0.504. The second kappa shape index (κ2) is 8.81. The zero-order chi connectivity index (χ0) is 21.1. The summed E-state index contributed by atoms with van der Waals surface area (Å²) in [7, 11) is 1.58. The Hall–Kier alpha value is -2.96. The number of rotatable bonds is 7. The van der Waals surface area contributed by atoms with Gasteiger partial charge in [-0.1, -0.05) is 0 Å². The number of hydroxylamine groups is 2. The zero-order valence-corrected chi connectivity index (χ0v) is 17.1. The number of hydrogen-bond donors (Lipinski definition) is 3. The molecule has 3 aromatic heterocycles. The number of pyridine rings is 1. The van der Waals surface area contributed by atoms with Crippen molar-refractivity contribution in [3.8, 4) is 6.07 Å². The van der Waals surface area contributed by atoms with Gasteiger partial charge in [-0.2, -0.15) is 5.26 Å². The first-order chi connectivity index (χ1) is 14.6. The minimum absolute atomic E-state index is 0.0955. The van der Waals surface area contributed by atoms with Crippen LogP contribution in [0.5, 0.6) is 0 Å². The van der Waals surface area contributed by atoms with E-state index < -0.39 is 0 Å². The molecule has 0 atom stereocenters. The summed E-state index contributed by atoms with van der Waals surface area (Å²) in [5.74, 6) is 1.27. The Bertz CT molecular complexity index is 1070. The largest absolute Gasteiger partial charge is 0.384 e. The third-order valence-electron chi connectivity index (χ3n) is 6.01. The Kier molecular flexibility index (Phi) is 5.97. The van der Waals surface area contributed by atoms with Gasteiger partial charge in [-0.05, 0) is 37.7 Å². The number of nitriles is 1. The third-order valence-corrected chi connectivity index (χ3v) is 6.01. The number of imidazole rings is 1. The van der Waals surface area contributed by atoms with Crippen LogP contribution in [0.15, 0.2) is 18.5 Å². The number of aromatic amines is 1. The van der Waals surface area contributed by atoms with Crippen molar-refractivity contribution in [2.75, 3.05) is 13.7 Å². The van der Waals surface area contributed by atoms with Crippen LogP contribution in [0.4, 0.5) is 0 Å². The van der Waals surface area contributed by atoms with Crippen molar-refractivity contribution in [1.29, 1.82) is 10.7 Å². The van der Waals surface area contributed by atoms with Gasteiger partial charge in [0.2, 0.25) is 0 Å². The molecule has 0 bridgehead atoms. The van der Waals surface area contributed by atoms with Gasteiger partial charge in [-0.15, -0.1) is 0 Å². The van der Waals surface area contributed by atoms with Crippen LogP contribution >= 0.6 is 0 Å². The van der Waals surface area contributed by atoms with Crippen LogP contribution in [0, 0.1) is 22.7 Å². The van der Waals surface area contributed by atoms with E-state index in [9.17, 15) is 5.21 Å². The topological polar surface area (TPSA) is 127 Å². The number of ether oxygens (including phenoxy) is 1. The van der Waals surface area contributed by atoms with E-state index in [0.717, 1.165) is 52.8 Å². The summed E-state index contributed by atoms with van der Waals surface area (Å²) in [4.78, 5) is 12.4. The van der Waals surface area contributed by atoms with Gasteiger partial charge in [0.15, 0.2) is 0 Å². The van der Waals surface area contributed by atoms with E-state index in [1.165, 1.54) is 0 Å². The lowest BCUT2D eigenvalue weighted by Gasteiger charge is -2.30. The second-order valence-electron chi connectivity index (χ2n) is 7.91. The first-order valence-electron chi connectivity index (χ1n) is 10.3. The number of methoxy groups -OCH3 is 1. The van der Waals surface area contributed by atoms with Crippen molar-refractivity contribution < 1.29 is 9.94 Å². The fourth-order valence-corrected chi connectivity index (χ4v) is 4.44. The van der Waals surface area contributed by atoms with Crippen LogP contribution in [0.3, 0.4) is 0 Å². The van der Waals surface area contributed by atoms with Gasteiger partial charge in [0, 0.05) is 37.6 Å². The standard InChI is InChI=1S/C21H27N7O2/c1-30-11-8-18(23)27(29)13-19-26-17-12-25-21-16(7-10-24-21)20(17)28(19)15-4-2-14(3-5-15)6-9-22/h7,10,12,14-15,23,29H,2-6,8,11,13H2,1H3,(H,24,25)/t14-,15-. The first-order valence-corrected chi connectivity index (χ1v) is 10.3. The highest BCUT2D eigenvalue weighted by atomic mass is 16.5. The number of hydrogen-bond acceptors (Lipinski definition) is 6. The van der Waals surface area contributed by atoms with Gasteiger partial charge >= 0.3 is 0 Å². The van der Waals surface area contributed by atoms with E-state index in [-0.39, 0.29) is 18.4 Å². The van der Waals surface area contributed by atoms with Crippen LogP contribution in [0.25, 0.3) is 22.1 Å². The van der Waals surface area contributed by atoms with E-state index in [1.54, 1.807) is 13.3 Å². The lowest BCUT2D eigenvalue weighted by molar-refractivity contribution is -0.0305. The molecule has 1 aliphatic rings. The maximum absolute atomic E-state index is 10.5. The summed E-state index contributed by atoms with van der Waals surface area (Å²) >= 11 is 0. The van der Waals surface area contributed by atoms with Gasteiger partial charge in [0.05, 0.1) is 24.4 Å². The minimum atomic E-state index is 0.0955. The molecule has 0 aromatic carbocycles. The quantitative estimate of drug-likeness (QED) is 0.310. The smallest absolute Gasteiger partial charge is 0.139 e. The SMILES string of the molecule is COCCC(=N)N(O)Cc1nc2cnc3[nH]ccc3c2n1[C@H]1CC[C@H](CC#N)CC1. The van der Waals surface area contributed by atoms with Crippen LogP contribution in [0.2, 0.25) is 0 Å². The predicted octanol–water partition coefficient (Wildman–Crippen LogP) is 3.76. The molecule has 0 unspecified atom stereocenters. The number of nitrogens with zero attached hydrogens (tertiary/aromatic N) is 5. The molecular formula is C21H27N7O2. The lowest BCUT2D eigenvalue weighted by Crippen LogP contribution is -2.29. The lowest BCUT2D eigenvalue weighted by atomic mass is 9.84. The molecule has 1 fully saturated rings. The molecule has 1 saturated carbocycles. The van der Waals surface area contributed by atoms with E-state index in [1.807, 2.05) is 12.3 Å². The summed E-state index contributed by atoms with van der Waals surface area (Å²) in [6, 6.07) is 4.54. The van der Waals surface area contributed by atoms with E-state index >= 15 is 0 Å². The summed E-state index contributed by atoms with van der Waals surface area (Å²) < 4.78 is 7.24. The monoisotopic (exact) mass is 409 g/mol. The highest BCUT2D eigenvalue weighted by molar-refractivity contribution is 6.01. The van der Waals surface area contributed by atoms with Crippen LogP contribution in [0.1, 0.15) is 50.4 Å². The highest BCUT2D eigenvalue weighted by Crippen LogP contribution is 2.38. The molecule has 158 valence electrons. The van der Waals surface area contributed by atoms with Crippen molar-refractivity contribution in [2.45, 2.75) is 51.1 Å². The molecule has 3 aromatic rings. The molecule has 3 heterocycles. The highest BCUT2D eigenvalue weighted by Gasteiger charge is 2.27. The summed E-state index contributed by atoms with van der Waals surface area (Å²) in [5, 5.41) is 29.5. The van der Waals surface area contributed by atoms with Gasteiger partial charge in [-0.3, -0.25) is 10.6 Å². The normalized spacial score (nSPS) is 19.2. The number of fused-ring (bicyclic) bond motifs is 3. The van der Waals surface area contributed by atoms with Crippen LogP contribution in [-0.4, -0.2) is 49.3 Å². The molecule has 0 radical (unpaired) electrons. The number of aromatic nitrogens is 4. The average molecular weight is 409 g/mol. The Balaban J connectivity index is 1.70. The van der Waals surface area contributed by atoms with E-state index in [4.69, 9.17) is 20.4 Å². The molecule has 30 heavy (non-hydrogen) atoms. The number of amidine groups is 1. The van der Waals surface area contributed by atoms with E-state index in [2.05, 4.69) is 20.6 Å². The summed E-state index contributed by atoms with van der Waals surface area (Å²) in [5.41, 5.74) is 2.60. The number of nitrogens with one attached hydrogen (secondary N) is 2. The first kappa shape index (κ1) is 20.3. The fourth-order valence-electron chi connectivity index (χ4n) is 4.44. The fraction of sp³-hybridized carbons (Fsp3) is 0.524. The molecule has 4 rings (SSSR count). The minimum Gasteiger partial charge on any atom is -0.384 e. The molecule has 9 heteroatoms. The Morgan fingerprint density at radius 2 is 2.23 bits per heavy atom. The molecule has 9 nitrogen and oxygen atoms in total. The van der Waals surface area contributed by atoms with Crippen molar-refractivity contribution in [1.82, 2.24) is 24.6 Å². The van der Waals surface area contributed by atoms with Gasteiger partial charge in [0.1, 0.15) is 29.4 Å². The number of H-pyrrole nitrogens is 1. The molecule has 3 N–H and O–H groups in total. The Morgan fingerprint density at radius 1 is 1.43 bits per heavy atom. The van der Waals surface area contributed by atoms with Crippen molar-refractivity contribution in [2.24, 2.45) is 5.92 Å². The van der Waals surface area contributed by atoms with Crippen molar-refractivity contribution in [3.63, 3.8) is 0 Å². The van der Waals surface area contributed by atoms with Gasteiger partial charge < -0.3 is 14.3 Å². The molecule has 0 spiro atoms. The van der Waals surface area contributed by atoms with Gasteiger partial charge in [0.25, 0.3) is 0 Å². The van der Waals surface area contributed by atoms with Gasteiger partial charge in [-0.25, -0.2) is 15.0 Å². The van der Waals surface area contributed by atoms with Crippen LogP contribution in [-0.2, 0) is 11.3 Å². The Morgan fingerprint density at radius 3 is 2.97 bits per heavy atom. The summed E-state index contributed by atoms with van der Waals surface area (Å²) in [6.07, 6.45) is 8.51. The van der Waals surface area contributed by atoms with Crippen molar-refractivity contribution >= 4 is 27.9 Å².